The van der Waals surface area contributed by atoms with E-state index in [1.807, 2.05) is 26.0 Å². The van der Waals surface area contributed by atoms with Gasteiger partial charge < -0.3 is 20.1 Å². The van der Waals surface area contributed by atoms with E-state index in [9.17, 15) is 18.0 Å². The number of ether oxygens (including phenoxy) is 2. The van der Waals surface area contributed by atoms with Gasteiger partial charge in [-0.3, -0.25) is 0 Å². The highest BCUT2D eigenvalue weighted by Crippen LogP contribution is 2.27. The number of aromatic nitrogens is 3. The maximum atomic E-state index is 12.4. The minimum absolute atomic E-state index is 0.119. The van der Waals surface area contributed by atoms with Gasteiger partial charge in [0.05, 0.1) is 12.8 Å². The molecular weight excluding hydrogens is 533 g/mol. The summed E-state index contributed by atoms with van der Waals surface area (Å²) in [5, 5.41) is 10.2. The topological polar surface area (TPSA) is 103 Å². The van der Waals surface area contributed by atoms with Crippen molar-refractivity contribution in [1.29, 1.82) is 0 Å². The van der Waals surface area contributed by atoms with Crippen molar-refractivity contribution in [2.45, 2.75) is 20.2 Å². The van der Waals surface area contributed by atoms with Crippen LogP contribution in [0.2, 0.25) is 0 Å². The number of benzene rings is 3. The number of methoxy groups -OCH3 is 1. The molecule has 9 nitrogen and oxygen atoms in total. The number of aliphatic imine (C=N–C) groups is 1. The summed E-state index contributed by atoms with van der Waals surface area (Å²) in [5.41, 5.74) is 4.25. The number of amides is 2. The number of hydrogen-bond donors (Lipinski definition) is 3. The fraction of sp³-hybridized carbons (Fsp3) is 0.154. The molecule has 4 rings (SSSR count). The van der Waals surface area contributed by atoms with E-state index in [1.165, 1.54) is 35.3 Å². The number of rotatable bonds is 6. The van der Waals surface area contributed by atoms with Crippen LogP contribution in [0.1, 0.15) is 11.1 Å². The van der Waals surface area contributed by atoms with Crippen molar-refractivity contribution in [2.24, 2.45) is 4.99 Å². The largest absolute Gasteiger partial charge is 0.573 e. The third-order valence-corrected chi connectivity index (χ3v) is 5.62. The lowest BCUT2D eigenvalue weighted by atomic mass is 10.1. The maximum absolute atomic E-state index is 12.4. The molecule has 4 aromatic rings. The molecule has 0 radical (unpaired) electrons. The average molecular weight is 557 g/mol. The fourth-order valence-corrected chi connectivity index (χ4v) is 3.85. The molecule has 0 aliphatic heterocycles. The molecule has 0 saturated heterocycles. The zero-order valence-corrected chi connectivity index (χ0v) is 21.8. The molecule has 0 atom stereocenters. The molecule has 202 valence electrons. The average Bonchev–Trinajstić information content (AvgIpc) is 3.36. The molecule has 2 N–H and O–H groups in total. The number of alkyl halides is 3. The number of urea groups is 1. The summed E-state index contributed by atoms with van der Waals surface area (Å²) in [7, 11) is 1.59. The Labute approximate surface area is 227 Å². The fourth-order valence-electron chi connectivity index (χ4n) is 3.65. The van der Waals surface area contributed by atoms with Gasteiger partial charge in [-0.25, -0.2) is 14.5 Å². The summed E-state index contributed by atoms with van der Waals surface area (Å²) < 4.78 is 47.6. The van der Waals surface area contributed by atoms with Crippen LogP contribution in [0.3, 0.4) is 0 Å². The number of nitrogens with one attached hydrogen (secondary N) is 2. The van der Waals surface area contributed by atoms with Gasteiger partial charge in [-0.05, 0) is 85.6 Å². The van der Waals surface area contributed by atoms with Crippen LogP contribution in [0.15, 0.2) is 72.0 Å². The summed E-state index contributed by atoms with van der Waals surface area (Å²) in [5.74, 6) is 0.777. The van der Waals surface area contributed by atoms with Gasteiger partial charge in [-0.2, -0.15) is 4.99 Å². The van der Waals surface area contributed by atoms with Gasteiger partial charge in [0.15, 0.2) is 11.0 Å². The molecule has 0 fully saturated rings. The predicted molar refractivity (Wildman–Crippen MR) is 145 cm³/mol. The zero-order valence-electron chi connectivity index (χ0n) is 20.9. The molecule has 3 aromatic carbocycles. The summed E-state index contributed by atoms with van der Waals surface area (Å²) in [4.78, 5) is 20.6. The van der Waals surface area contributed by atoms with Crippen LogP contribution in [0.5, 0.6) is 11.5 Å². The predicted octanol–water partition coefficient (Wildman–Crippen LogP) is 6.39. The normalized spacial score (nSPS) is 11.7. The summed E-state index contributed by atoms with van der Waals surface area (Å²) in [6.07, 6.45) is -3.33. The van der Waals surface area contributed by atoms with Crippen LogP contribution >= 0.6 is 12.6 Å². The maximum Gasteiger partial charge on any atom is 0.573 e. The lowest BCUT2D eigenvalue weighted by Gasteiger charge is -2.13. The van der Waals surface area contributed by atoms with E-state index in [4.69, 9.17) is 4.74 Å². The van der Waals surface area contributed by atoms with Crippen molar-refractivity contribution < 1.29 is 27.4 Å². The highest BCUT2D eigenvalue weighted by molar-refractivity contribution is 7.97. The smallest absolute Gasteiger partial charge is 0.497 e. The first-order valence-corrected chi connectivity index (χ1v) is 11.8. The zero-order chi connectivity index (χ0) is 28.2. The van der Waals surface area contributed by atoms with Crippen molar-refractivity contribution in [2.75, 3.05) is 17.7 Å². The number of anilines is 2. The Morgan fingerprint density at radius 1 is 0.974 bits per heavy atom. The van der Waals surface area contributed by atoms with Crippen molar-refractivity contribution in [3.63, 3.8) is 0 Å². The second kappa shape index (κ2) is 11.5. The van der Waals surface area contributed by atoms with Crippen LogP contribution in [-0.2, 0) is 0 Å². The van der Waals surface area contributed by atoms with Crippen LogP contribution in [-0.4, -0.2) is 39.4 Å². The van der Waals surface area contributed by atoms with Crippen LogP contribution in [0.4, 0.5) is 29.3 Å². The van der Waals surface area contributed by atoms with Gasteiger partial charge >= 0.3 is 12.4 Å². The summed E-state index contributed by atoms with van der Waals surface area (Å²) >= 11 is 4.28. The van der Waals surface area contributed by atoms with Gasteiger partial charge in [0.25, 0.3) is 0 Å². The molecule has 0 unspecified atom stereocenters. The molecule has 2 amide bonds. The summed E-state index contributed by atoms with van der Waals surface area (Å²) in [6, 6.07) is 15.1. The Morgan fingerprint density at radius 3 is 2.21 bits per heavy atom. The second-order valence-corrected chi connectivity index (χ2v) is 8.68. The monoisotopic (exact) mass is 556 g/mol. The van der Waals surface area contributed by atoms with Crippen LogP contribution in [0, 0.1) is 13.8 Å². The number of aryl methyl sites for hydroxylation is 2. The Kier molecular flexibility index (Phi) is 8.10. The molecule has 0 spiro atoms. The van der Waals surface area contributed by atoms with Crippen molar-refractivity contribution >= 4 is 35.2 Å². The Morgan fingerprint density at radius 2 is 1.62 bits per heavy atom. The molecule has 1 aromatic heterocycles. The van der Waals surface area contributed by atoms with Crippen molar-refractivity contribution in [3.05, 3.63) is 78.1 Å². The second-order valence-electron chi connectivity index (χ2n) is 8.26. The van der Waals surface area contributed by atoms with Gasteiger partial charge in [0.1, 0.15) is 17.8 Å². The minimum atomic E-state index is -4.76. The standard InChI is InChI=1S/C26H23F3N6O3S/c1-15-12-21(37-3)13-16(2)22(15)32-25(39)33-24(36)31-18-6-4-17(5-7-18)23-30-14-35(34-23)19-8-10-20(11-9-19)38-26(27,28)29/h4-14H,1-3H3,(H3,31,32,33,36,39). The van der Waals surface area contributed by atoms with Crippen LogP contribution < -0.4 is 20.1 Å². The molecule has 0 saturated carbocycles. The van der Waals surface area contributed by atoms with Gasteiger partial charge in [0.2, 0.25) is 0 Å². The van der Waals surface area contributed by atoms with E-state index in [0.29, 0.717) is 22.8 Å². The number of carbonyl (C=O) groups is 1. The number of carbonyl (C=O) groups excluding carboxylic acids is 1. The molecule has 0 aliphatic carbocycles. The van der Waals surface area contributed by atoms with E-state index in [2.05, 4.69) is 43.1 Å². The van der Waals surface area contributed by atoms with Gasteiger partial charge in [0, 0.05) is 16.9 Å². The minimum Gasteiger partial charge on any atom is -0.497 e. The van der Waals surface area contributed by atoms with E-state index in [0.717, 1.165) is 22.6 Å². The molecule has 0 bridgehead atoms. The highest BCUT2D eigenvalue weighted by atomic mass is 32.1. The number of nitrogens with zero attached hydrogens (tertiary/aromatic N) is 4. The van der Waals surface area contributed by atoms with Gasteiger partial charge in [-0.1, -0.05) is 0 Å². The van der Waals surface area contributed by atoms with Crippen molar-refractivity contribution in [1.82, 2.24) is 14.8 Å². The number of hydrogen-bond acceptors (Lipinski definition) is 5. The molecule has 1 heterocycles. The number of amidine groups is 1. The van der Waals surface area contributed by atoms with E-state index < -0.39 is 12.4 Å². The highest BCUT2D eigenvalue weighted by Gasteiger charge is 2.31. The number of thiol groups is 1. The molecular formula is C26H23F3N6O3S. The van der Waals surface area contributed by atoms with E-state index in [1.54, 1.807) is 31.4 Å². The first-order chi connectivity index (χ1) is 18.5. The lowest BCUT2D eigenvalue weighted by Crippen LogP contribution is -2.17. The first-order valence-electron chi connectivity index (χ1n) is 11.4. The Bertz CT molecular complexity index is 1480. The molecule has 13 heteroatoms. The SMILES string of the molecule is COc1cc(C)c(N/C(S)=N/C(=O)Nc2ccc(-c3ncn(-c4ccc(OC(F)(F)F)cc4)n3)cc2)c(C)c1. The van der Waals surface area contributed by atoms with Gasteiger partial charge in [-0.15, -0.1) is 30.9 Å². The third-order valence-electron chi connectivity index (χ3n) is 5.41. The summed E-state index contributed by atoms with van der Waals surface area (Å²) in [6.45, 7) is 3.81. The van der Waals surface area contributed by atoms with E-state index >= 15 is 0 Å². The first kappa shape index (κ1) is 27.5. The lowest BCUT2D eigenvalue weighted by molar-refractivity contribution is -0.274. The Hall–Kier alpha value is -4.52. The molecule has 39 heavy (non-hydrogen) atoms. The molecule has 0 aliphatic rings. The van der Waals surface area contributed by atoms with Crippen molar-refractivity contribution in [3.8, 4) is 28.6 Å². The number of halogens is 3. The quantitative estimate of drug-likeness (QED) is 0.145. The van der Waals surface area contributed by atoms with Crippen LogP contribution in [0.25, 0.3) is 17.1 Å². The Balaban J connectivity index is 1.38. The van der Waals surface area contributed by atoms with E-state index in [-0.39, 0.29) is 10.9 Å². The third kappa shape index (κ3) is 7.29.